The summed E-state index contributed by atoms with van der Waals surface area (Å²) in [6.45, 7) is 2.89. The Morgan fingerprint density at radius 1 is 1.12 bits per heavy atom. The maximum absolute atomic E-state index is 12.3. The molecule has 0 N–H and O–H groups in total. The third-order valence-corrected chi connectivity index (χ3v) is 4.22. The Kier molecular flexibility index (Phi) is 5.18. The Bertz CT molecular complexity index is 818. The minimum Gasteiger partial charge on any atom is -0.490 e. The van der Waals surface area contributed by atoms with Crippen molar-refractivity contribution in [2.45, 2.75) is 13.5 Å². The number of nitrogens with zero attached hydrogens (tertiary/aromatic N) is 2. The number of hydrogen-bond acceptors (Lipinski definition) is 6. The first-order valence-electron chi connectivity index (χ1n) is 7.49. The molecule has 0 saturated carbocycles. The van der Waals surface area contributed by atoms with E-state index in [1.807, 2.05) is 42.6 Å². The van der Waals surface area contributed by atoms with Crippen LogP contribution in [0.3, 0.4) is 0 Å². The second-order valence-electron chi connectivity index (χ2n) is 4.94. The maximum Gasteiger partial charge on any atom is 0.206 e. The number of thiophene rings is 1. The summed E-state index contributed by atoms with van der Waals surface area (Å²) >= 11 is 1.39. The molecule has 0 fully saturated rings. The van der Waals surface area contributed by atoms with Crippen molar-refractivity contribution in [3.63, 3.8) is 0 Å². The van der Waals surface area contributed by atoms with Crippen LogP contribution in [0.15, 0.2) is 54.4 Å². The summed E-state index contributed by atoms with van der Waals surface area (Å²) in [5.41, 5.74) is 1.42. The molecule has 0 radical (unpaired) electrons. The van der Waals surface area contributed by atoms with E-state index in [1.165, 1.54) is 30.1 Å². The number of carbonyl (C=O) groups excluding carboxylic acids is 1. The molecule has 0 amide bonds. The van der Waals surface area contributed by atoms with Crippen molar-refractivity contribution in [1.82, 2.24) is 9.97 Å². The van der Waals surface area contributed by atoms with E-state index in [4.69, 9.17) is 9.47 Å². The van der Waals surface area contributed by atoms with E-state index < -0.39 is 0 Å². The fourth-order valence-corrected chi connectivity index (χ4v) is 2.99. The van der Waals surface area contributed by atoms with Crippen LogP contribution < -0.4 is 9.47 Å². The van der Waals surface area contributed by atoms with Crippen molar-refractivity contribution in [2.24, 2.45) is 0 Å². The Balaban J connectivity index is 1.68. The van der Waals surface area contributed by atoms with Gasteiger partial charge in [-0.1, -0.05) is 12.1 Å². The minimum absolute atomic E-state index is 0.0819. The first-order valence-corrected chi connectivity index (χ1v) is 8.37. The largest absolute Gasteiger partial charge is 0.490 e. The first-order chi connectivity index (χ1) is 11.8. The van der Waals surface area contributed by atoms with Gasteiger partial charge in [-0.3, -0.25) is 4.79 Å². The molecule has 3 aromatic rings. The molecular formula is C18H16N2O3S. The zero-order chi connectivity index (χ0) is 16.8. The van der Waals surface area contributed by atoms with Crippen molar-refractivity contribution >= 4 is 17.1 Å². The van der Waals surface area contributed by atoms with Gasteiger partial charge in [-0.15, -0.1) is 11.3 Å². The van der Waals surface area contributed by atoms with Crippen LogP contribution in [0.4, 0.5) is 0 Å². The number of aromatic nitrogens is 2. The van der Waals surface area contributed by atoms with Gasteiger partial charge >= 0.3 is 0 Å². The van der Waals surface area contributed by atoms with Crippen molar-refractivity contribution in [3.8, 4) is 11.5 Å². The van der Waals surface area contributed by atoms with E-state index in [1.54, 1.807) is 0 Å². The molecule has 0 saturated heterocycles. The molecule has 0 aliphatic rings. The molecule has 5 nitrogen and oxygen atoms in total. The molecule has 1 aromatic carbocycles. The first kappa shape index (κ1) is 16.1. The predicted molar refractivity (Wildman–Crippen MR) is 91.7 cm³/mol. The zero-order valence-corrected chi connectivity index (χ0v) is 14.0. The Hall–Kier alpha value is -2.73. The molecule has 2 aromatic heterocycles. The number of para-hydroxylation sites is 2. The highest BCUT2D eigenvalue weighted by molar-refractivity contribution is 7.12. The van der Waals surface area contributed by atoms with Crippen LogP contribution in [0.2, 0.25) is 0 Å². The van der Waals surface area contributed by atoms with Gasteiger partial charge in [0, 0.05) is 18.0 Å². The van der Waals surface area contributed by atoms with Crippen LogP contribution in [0.5, 0.6) is 11.5 Å². The highest BCUT2D eigenvalue weighted by Crippen LogP contribution is 2.28. The fourth-order valence-electron chi connectivity index (χ4n) is 2.13. The average Bonchev–Trinajstić information content (AvgIpc) is 3.10. The number of benzene rings is 1. The van der Waals surface area contributed by atoms with Crippen LogP contribution in [-0.4, -0.2) is 22.4 Å². The monoisotopic (exact) mass is 340 g/mol. The smallest absolute Gasteiger partial charge is 0.206 e. The average molecular weight is 340 g/mol. The summed E-state index contributed by atoms with van der Waals surface area (Å²) in [5.74, 6) is 1.32. The second kappa shape index (κ2) is 7.70. The standard InChI is InChI=1S/C18H16N2O3S/c1-2-22-15-5-3-4-6-16(15)23-10-13-7-17(24-11-13)18(21)14-8-19-12-20-9-14/h3-9,11-12H,2,10H2,1H3. The molecule has 24 heavy (non-hydrogen) atoms. The van der Waals surface area contributed by atoms with Crippen LogP contribution >= 0.6 is 11.3 Å². The zero-order valence-electron chi connectivity index (χ0n) is 13.1. The summed E-state index contributed by atoms with van der Waals surface area (Å²) in [7, 11) is 0. The highest BCUT2D eigenvalue weighted by Gasteiger charge is 2.13. The SMILES string of the molecule is CCOc1ccccc1OCc1csc(C(=O)c2cncnc2)c1. The molecule has 6 heteroatoms. The molecular weight excluding hydrogens is 324 g/mol. The summed E-state index contributed by atoms with van der Waals surface area (Å²) in [6, 6.07) is 9.38. The normalized spacial score (nSPS) is 10.4. The lowest BCUT2D eigenvalue weighted by atomic mass is 10.2. The number of carbonyl (C=O) groups is 1. The third kappa shape index (κ3) is 3.78. The quantitative estimate of drug-likeness (QED) is 0.613. The fraction of sp³-hybridized carbons (Fsp3) is 0.167. The van der Waals surface area contributed by atoms with Gasteiger partial charge in [0.15, 0.2) is 11.5 Å². The van der Waals surface area contributed by atoms with Gasteiger partial charge in [0.05, 0.1) is 17.0 Å². The number of ether oxygens (including phenoxy) is 2. The summed E-state index contributed by atoms with van der Waals surface area (Å²) in [5, 5.41) is 1.92. The summed E-state index contributed by atoms with van der Waals surface area (Å²) < 4.78 is 11.4. The molecule has 3 rings (SSSR count). The van der Waals surface area contributed by atoms with E-state index in [9.17, 15) is 4.79 Å². The van der Waals surface area contributed by atoms with E-state index in [-0.39, 0.29) is 5.78 Å². The van der Waals surface area contributed by atoms with Crippen LogP contribution in [-0.2, 0) is 6.61 Å². The van der Waals surface area contributed by atoms with Gasteiger partial charge in [-0.25, -0.2) is 9.97 Å². The van der Waals surface area contributed by atoms with Crippen LogP contribution in [0, 0.1) is 0 Å². The topological polar surface area (TPSA) is 61.3 Å². The van der Waals surface area contributed by atoms with Gasteiger partial charge in [0.25, 0.3) is 0 Å². The van der Waals surface area contributed by atoms with Crippen molar-refractivity contribution in [1.29, 1.82) is 0 Å². The van der Waals surface area contributed by atoms with E-state index in [0.717, 1.165) is 5.56 Å². The molecule has 0 spiro atoms. The highest BCUT2D eigenvalue weighted by atomic mass is 32.1. The van der Waals surface area contributed by atoms with Gasteiger partial charge in [-0.2, -0.15) is 0 Å². The Labute approximate surface area is 143 Å². The van der Waals surface area contributed by atoms with Gasteiger partial charge < -0.3 is 9.47 Å². The van der Waals surface area contributed by atoms with Crippen molar-refractivity contribution in [2.75, 3.05) is 6.61 Å². The molecule has 0 bridgehead atoms. The molecule has 0 aliphatic carbocycles. The van der Waals surface area contributed by atoms with Crippen LogP contribution in [0.25, 0.3) is 0 Å². The Morgan fingerprint density at radius 2 is 1.83 bits per heavy atom. The lowest BCUT2D eigenvalue weighted by Gasteiger charge is -2.10. The van der Waals surface area contributed by atoms with Gasteiger partial charge in [0.1, 0.15) is 12.9 Å². The van der Waals surface area contributed by atoms with Crippen molar-refractivity contribution in [3.05, 3.63) is 70.4 Å². The molecule has 0 atom stereocenters. The molecule has 2 heterocycles. The Morgan fingerprint density at radius 3 is 2.54 bits per heavy atom. The lowest BCUT2D eigenvalue weighted by molar-refractivity contribution is 0.104. The van der Waals surface area contributed by atoms with Crippen molar-refractivity contribution < 1.29 is 14.3 Å². The minimum atomic E-state index is -0.0819. The summed E-state index contributed by atoms with van der Waals surface area (Å²) in [4.78, 5) is 20.7. The van der Waals surface area contributed by atoms with Crippen LogP contribution in [0.1, 0.15) is 27.7 Å². The molecule has 0 aliphatic heterocycles. The number of hydrogen-bond donors (Lipinski definition) is 0. The molecule has 122 valence electrons. The number of ketones is 1. The summed E-state index contributed by atoms with van der Waals surface area (Å²) in [6.07, 6.45) is 4.44. The number of rotatable bonds is 7. The molecule has 0 unspecified atom stereocenters. The third-order valence-electron chi connectivity index (χ3n) is 3.24. The van der Waals surface area contributed by atoms with E-state index in [2.05, 4.69) is 9.97 Å². The lowest BCUT2D eigenvalue weighted by Crippen LogP contribution is -2.00. The maximum atomic E-state index is 12.3. The predicted octanol–water partition coefficient (Wildman–Crippen LogP) is 3.75. The van der Waals surface area contributed by atoms with E-state index >= 15 is 0 Å². The van der Waals surface area contributed by atoms with E-state index in [0.29, 0.717) is 35.2 Å². The van der Waals surface area contributed by atoms with Gasteiger partial charge in [0.2, 0.25) is 5.78 Å². The second-order valence-corrected chi connectivity index (χ2v) is 5.86. The van der Waals surface area contributed by atoms with Gasteiger partial charge in [-0.05, 0) is 30.5 Å².